The molecule has 1 aromatic rings. The maximum atomic E-state index is 11.5. The van der Waals surface area contributed by atoms with Crippen LogP contribution in [0.2, 0.25) is 0 Å². The average molecular weight is 278 g/mol. The van der Waals surface area contributed by atoms with Crippen molar-refractivity contribution in [3.63, 3.8) is 0 Å². The smallest absolute Gasteiger partial charge is 0.308 e. The van der Waals surface area contributed by atoms with Gasteiger partial charge in [-0.2, -0.15) is 0 Å². The Balaban J connectivity index is 2.77. The molecule has 0 unspecified atom stereocenters. The highest BCUT2D eigenvalue weighted by Gasteiger charge is 2.14. The minimum Gasteiger partial charge on any atom is -0.469 e. The highest BCUT2D eigenvalue weighted by atomic mass is 16.5. The fraction of sp³-hybridized carbons (Fsp3) is 0.467. The molecule has 5 heteroatoms. The molecule has 0 heterocycles. The lowest BCUT2D eigenvalue weighted by Crippen LogP contribution is -2.33. The normalized spacial score (nSPS) is 11.8. The second-order valence-corrected chi connectivity index (χ2v) is 4.75. The lowest BCUT2D eigenvalue weighted by Gasteiger charge is -2.20. The van der Waals surface area contributed by atoms with Crippen LogP contribution in [-0.4, -0.2) is 32.1 Å². The van der Waals surface area contributed by atoms with Crippen molar-refractivity contribution in [2.45, 2.75) is 20.3 Å². The van der Waals surface area contributed by atoms with Gasteiger partial charge in [0.25, 0.3) is 0 Å². The molecule has 0 saturated heterocycles. The lowest BCUT2D eigenvalue weighted by molar-refractivity contribution is -0.144. The number of carbonyl (C=O) groups excluding carboxylic acids is 2. The highest BCUT2D eigenvalue weighted by molar-refractivity contribution is 5.91. The monoisotopic (exact) mass is 278 g/mol. The Hall–Kier alpha value is -1.88. The van der Waals surface area contributed by atoms with Crippen LogP contribution in [0.25, 0.3) is 0 Å². The third-order valence-corrected chi connectivity index (χ3v) is 3.13. The van der Waals surface area contributed by atoms with E-state index in [1.807, 2.05) is 31.2 Å². The number of hydrogen-bond donors (Lipinski definition) is 1. The molecule has 1 atom stereocenters. The van der Waals surface area contributed by atoms with Crippen molar-refractivity contribution in [3.05, 3.63) is 29.8 Å². The molecule has 0 aromatic heterocycles. The van der Waals surface area contributed by atoms with Gasteiger partial charge < -0.3 is 15.4 Å². The molecule has 0 aliphatic carbocycles. The lowest BCUT2D eigenvalue weighted by atomic mass is 10.0. The molecule has 0 aliphatic rings. The number of methoxy groups -OCH3 is 1. The van der Waals surface area contributed by atoms with E-state index in [0.29, 0.717) is 19.5 Å². The summed E-state index contributed by atoms with van der Waals surface area (Å²) in [5.74, 6) is -0.437. The van der Waals surface area contributed by atoms with Crippen LogP contribution >= 0.6 is 0 Å². The third-order valence-electron chi connectivity index (χ3n) is 3.13. The molecule has 1 rings (SSSR count). The SMILES string of the molecule is COC(=O)[C@@H](C)Cc1ccc(N(CCN)C(C)=O)cc1. The number of benzene rings is 1. The summed E-state index contributed by atoms with van der Waals surface area (Å²) in [4.78, 5) is 24.5. The summed E-state index contributed by atoms with van der Waals surface area (Å²) in [6, 6.07) is 7.58. The van der Waals surface area contributed by atoms with E-state index in [9.17, 15) is 9.59 Å². The van der Waals surface area contributed by atoms with Gasteiger partial charge in [-0.05, 0) is 24.1 Å². The summed E-state index contributed by atoms with van der Waals surface area (Å²) in [5, 5.41) is 0. The minimum atomic E-state index is -0.220. The Morgan fingerprint density at radius 1 is 1.30 bits per heavy atom. The van der Waals surface area contributed by atoms with Gasteiger partial charge in [0.2, 0.25) is 5.91 Å². The Kier molecular flexibility index (Phi) is 6.18. The van der Waals surface area contributed by atoms with Crippen molar-refractivity contribution in [2.75, 3.05) is 25.1 Å². The Bertz CT molecular complexity index is 457. The Labute approximate surface area is 119 Å². The number of nitrogens with two attached hydrogens (primary N) is 1. The number of nitrogens with zero attached hydrogens (tertiary/aromatic N) is 1. The van der Waals surface area contributed by atoms with Gasteiger partial charge in [-0.15, -0.1) is 0 Å². The van der Waals surface area contributed by atoms with Crippen molar-refractivity contribution >= 4 is 17.6 Å². The van der Waals surface area contributed by atoms with Crippen LogP contribution in [0.4, 0.5) is 5.69 Å². The third kappa shape index (κ3) is 4.35. The second kappa shape index (κ2) is 7.65. The van der Waals surface area contributed by atoms with Crippen LogP contribution in [0.15, 0.2) is 24.3 Å². The van der Waals surface area contributed by atoms with Crippen LogP contribution in [0.3, 0.4) is 0 Å². The van der Waals surface area contributed by atoms with Gasteiger partial charge in [0.15, 0.2) is 0 Å². The molecule has 110 valence electrons. The molecule has 1 amide bonds. The summed E-state index contributed by atoms with van der Waals surface area (Å²) in [6.07, 6.45) is 0.615. The molecule has 0 aliphatic heterocycles. The first-order valence-electron chi connectivity index (χ1n) is 6.64. The van der Waals surface area contributed by atoms with Gasteiger partial charge in [0.05, 0.1) is 13.0 Å². The number of carbonyl (C=O) groups is 2. The van der Waals surface area contributed by atoms with E-state index < -0.39 is 0 Å². The highest BCUT2D eigenvalue weighted by Crippen LogP contribution is 2.17. The molecule has 0 fully saturated rings. The predicted octanol–water partition coefficient (Wildman–Crippen LogP) is 1.35. The van der Waals surface area contributed by atoms with Crippen LogP contribution in [0.5, 0.6) is 0 Å². The van der Waals surface area contributed by atoms with Gasteiger partial charge in [-0.25, -0.2) is 0 Å². The van der Waals surface area contributed by atoms with E-state index in [1.54, 1.807) is 4.90 Å². The summed E-state index contributed by atoms with van der Waals surface area (Å²) >= 11 is 0. The molecule has 20 heavy (non-hydrogen) atoms. The predicted molar refractivity (Wildman–Crippen MR) is 78.4 cm³/mol. The van der Waals surface area contributed by atoms with Gasteiger partial charge in [0.1, 0.15) is 0 Å². The summed E-state index contributed by atoms with van der Waals surface area (Å²) < 4.78 is 4.70. The fourth-order valence-electron chi connectivity index (χ4n) is 2.05. The topological polar surface area (TPSA) is 72.6 Å². The van der Waals surface area contributed by atoms with Gasteiger partial charge >= 0.3 is 5.97 Å². The van der Waals surface area contributed by atoms with E-state index in [4.69, 9.17) is 10.5 Å². The minimum absolute atomic E-state index is 0.0360. The van der Waals surface area contributed by atoms with Crippen molar-refractivity contribution < 1.29 is 14.3 Å². The van der Waals surface area contributed by atoms with E-state index >= 15 is 0 Å². The second-order valence-electron chi connectivity index (χ2n) is 4.75. The van der Waals surface area contributed by atoms with Crippen LogP contribution in [0, 0.1) is 5.92 Å². The molecule has 1 aromatic carbocycles. The zero-order valence-corrected chi connectivity index (χ0v) is 12.3. The molecule has 2 N–H and O–H groups in total. The molecule has 0 saturated carbocycles. The van der Waals surface area contributed by atoms with Crippen LogP contribution < -0.4 is 10.6 Å². The number of hydrogen-bond acceptors (Lipinski definition) is 4. The zero-order valence-electron chi connectivity index (χ0n) is 12.3. The Morgan fingerprint density at radius 2 is 1.90 bits per heavy atom. The zero-order chi connectivity index (χ0) is 15.1. The maximum absolute atomic E-state index is 11.5. The van der Waals surface area contributed by atoms with Gasteiger partial charge in [-0.3, -0.25) is 9.59 Å². The van der Waals surface area contributed by atoms with Crippen molar-refractivity contribution in [1.29, 1.82) is 0 Å². The van der Waals surface area contributed by atoms with Gasteiger partial charge in [-0.1, -0.05) is 19.1 Å². The molecule has 0 bridgehead atoms. The van der Waals surface area contributed by atoms with E-state index in [0.717, 1.165) is 11.3 Å². The standard InChI is InChI=1S/C15H22N2O3/c1-11(15(19)20-3)10-13-4-6-14(7-5-13)17(9-8-16)12(2)18/h4-7,11H,8-10,16H2,1-3H3/t11-/m0/s1. The van der Waals surface area contributed by atoms with Crippen LogP contribution in [0.1, 0.15) is 19.4 Å². The van der Waals surface area contributed by atoms with Crippen LogP contribution in [-0.2, 0) is 20.7 Å². The van der Waals surface area contributed by atoms with Crippen molar-refractivity contribution in [2.24, 2.45) is 11.7 Å². The summed E-state index contributed by atoms with van der Waals surface area (Å²) in [6.45, 7) is 4.26. The summed E-state index contributed by atoms with van der Waals surface area (Å²) in [5.41, 5.74) is 7.35. The molecule has 5 nitrogen and oxygen atoms in total. The fourth-order valence-corrected chi connectivity index (χ4v) is 2.05. The van der Waals surface area contributed by atoms with Gasteiger partial charge in [0, 0.05) is 25.7 Å². The number of anilines is 1. The molecular weight excluding hydrogens is 256 g/mol. The molecular formula is C15H22N2O3. The number of esters is 1. The maximum Gasteiger partial charge on any atom is 0.308 e. The first kappa shape index (κ1) is 16.2. The largest absolute Gasteiger partial charge is 0.469 e. The van der Waals surface area contributed by atoms with E-state index in [-0.39, 0.29) is 17.8 Å². The first-order chi connectivity index (χ1) is 9.49. The Morgan fingerprint density at radius 3 is 2.35 bits per heavy atom. The molecule has 0 spiro atoms. The van der Waals surface area contributed by atoms with E-state index in [2.05, 4.69) is 0 Å². The average Bonchev–Trinajstić information content (AvgIpc) is 2.44. The quantitative estimate of drug-likeness (QED) is 0.797. The summed E-state index contributed by atoms with van der Waals surface area (Å²) in [7, 11) is 1.39. The molecule has 0 radical (unpaired) electrons. The van der Waals surface area contributed by atoms with Crippen molar-refractivity contribution in [3.8, 4) is 0 Å². The van der Waals surface area contributed by atoms with Crippen molar-refractivity contribution in [1.82, 2.24) is 0 Å². The number of ether oxygens (including phenoxy) is 1. The van der Waals surface area contributed by atoms with E-state index in [1.165, 1.54) is 14.0 Å². The first-order valence-corrected chi connectivity index (χ1v) is 6.64. The number of amides is 1. The number of rotatable bonds is 6.